The monoisotopic (exact) mass is 547 g/mol. The normalized spacial score (nSPS) is 14.0. The fourth-order valence-electron chi connectivity index (χ4n) is 3.31. The minimum absolute atomic E-state index is 0.0637. The van der Waals surface area contributed by atoms with Crippen molar-refractivity contribution < 1.29 is 37.3 Å². The maximum atomic E-state index is 14.2. The van der Waals surface area contributed by atoms with Gasteiger partial charge in [-0.25, -0.2) is 14.8 Å². The lowest BCUT2D eigenvalue weighted by molar-refractivity contribution is -0.274. The van der Waals surface area contributed by atoms with Crippen molar-refractivity contribution in [2.45, 2.75) is 24.6 Å². The first-order valence-electron chi connectivity index (χ1n) is 9.99. The molecule has 0 fully saturated rings. The van der Waals surface area contributed by atoms with E-state index >= 15 is 0 Å². The van der Waals surface area contributed by atoms with E-state index in [9.17, 15) is 27.9 Å². The molecule has 3 aromatic rings. The summed E-state index contributed by atoms with van der Waals surface area (Å²) in [6, 6.07) is 4.30. The molecule has 1 aromatic carbocycles. The lowest BCUT2D eigenvalue weighted by atomic mass is 9.78. The number of pyridine rings is 1. The molecule has 0 saturated heterocycles. The van der Waals surface area contributed by atoms with Crippen LogP contribution in [0.3, 0.4) is 0 Å². The van der Waals surface area contributed by atoms with Crippen LogP contribution >= 0.6 is 23.2 Å². The molecular formula is C22H18Cl2F3N3O6. The van der Waals surface area contributed by atoms with Crippen molar-refractivity contribution in [1.29, 1.82) is 0 Å². The maximum Gasteiger partial charge on any atom is 0.514 e. The summed E-state index contributed by atoms with van der Waals surface area (Å²) in [5.41, 5.74) is -4.64. The van der Waals surface area contributed by atoms with Gasteiger partial charge in [-0.05, 0) is 17.7 Å². The number of benzene rings is 1. The van der Waals surface area contributed by atoms with E-state index in [1.165, 1.54) is 19.2 Å². The van der Waals surface area contributed by atoms with Crippen LogP contribution in [0.25, 0.3) is 0 Å². The third-order valence-corrected chi connectivity index (χ3v) is 6.18. The Balaban J connectivity index is 1.95. The number of ether oxygens (including phenoxy) is 3. The zero-order valence-corrected chi connectivity index (χ0v) is 20.4. The van der Waals surface area contributed by atoms with Crippen molar-refractivity contribution in [2.24, 2.45) is 7.05 Å². The lowest BCUT2D eigenvalue weighted by Gasteiger charge is -2.37. The third-order valence-electron chi connectivity index (χ3n) is 5.30. The standard InChI is InChI=1S/C22H18Cl2F3N3O6/c1-11(21(33,22(25,26)27)12-4-7-17(31)30(2)10-12)13-5-6-14(19(24)18(13)23)35-15-8-29-16(9-28-15)36-20(32)34-3/h4-11,33H,1-3H3. The molecule has 2 atom stereocenters. The topological polar surface area (TPSA) is 113 Å². The molecule has 0 amide bonds. The number of rotatable bonds is 6. The van der Waals surface area contributed by atoms with Gasteiger partial charge < -0.3 is 23.9 Å². The molecule has 0 aliphatic heterocycles. The Kier molecular flexibility index (Phi) is 7.82. The van der Waals surface area contributed by atoms with Gasteiger partial charge in [0.2, 0.25) is 17.3 Å². The van der Waals surface area contributed by atoms with E-state index in [-0.39, 0.29) is 33.1 Å². The van der Waals surface area contributed by atoms with Crippen molar-refractivity contribution in [3.05, 3.63) is 74.4 Å². The van der Waals surface area contributed by atoms with Crippen LogP contribution in [0, 0.1) is 0 Å². The predicted octanol–water partition coefficient (Wildman–Crippen LogP) is 4.97. The molecule has 2 unspecified atom stereocenters. The fourth-order valence-corrected chi connectivity index (χ4v) is 3.84. The predicted molar refractivity (Wildman–Crippen MR) is 122 cm³/mol. The highest BCUT2D eigenvalue weighted by atomic mass is 35.5. The summed E-state index contributed by atoms with van der Waals surface area (Å²) < 4.78 is 58.0. The molecule has 3 rings (SSSR count). The molecule has 2 aromatic heterocycles. The molecule has 9 nitrogen and oxygen atoms in total. The summed E-state index contributed by atoms with van der Waals surface area (Å²) in [5.74, 6) is -1.98. The molecule has 2 heterocycles. The number of hydrogen-bond donors (Lipinski definition) is 1. The van der Waals surface area contributed by atoms with Crippen molar-refractivity contribution >= 4 is 29.4 Å². The SMILES string of the molecule is COC(=O)Oc1cnc(Oc2ccc(C(C)C(O)(c3ccc(=O)n(C)c3)C(F)(F)F)c(Cl)c2Cl)cn1. The van der Waals surface area contributed by atoms with E-state index in [1.807, 2.05) is 0 Å². The summed E-state index contributed by atoms with van der Waals surface area (Å²) in [4.78, 5) is 30.4. The average molecular weight is 548 g/mol. The highest BCUT2D eigenvalue weighted by Gasteiger charge is 2.59. The Morgan fingerprint density at radius 1 is 1.08 bits per heavy atom. The Hall–Kier alpha value is -3.35. The number of carbonyl (C=O) groups excluding carboxylic acids is 1. The minimum atomic E-state index is -5.14. The molecule has 0 spiro atoms. The Labute approximate surface area is 212 Å². The van der Waals surface area contributed by atoms with Gasteiger partial charge in [0.25, 0.3) is 0 Å². The van der Waals surface area contributed by atoms with Crippen molar-refractivity contribution in [2.75, 3.05) is 7.11 Å². The summed E-state index contributed by atoms with van der Waals surface area (Å²) in [7, 11) is 2.38. The number of halogens is 5. The molecule has 36 heavy (non-hydrogen) atoms. The molecule has 1 N–H and O–H groups in total. The zero-order valence-electron chi connectivity index (χ0n) is 18.8. The highest BCUT2D eigenvalue weighted by molar-refractivity contribution is 6.43. The van der Waals surface area contributed by atoms with Gasteiger partial charge >= 0.3 is 12.3 Å². The Morgan fingerprint density at radius 3 is 2.28 bits per heavy atom. The molecular weight excluding hydrogens is 530 g/mol. The number of aryl methyl sites for hydroxylation is 1. The van der Waals surface area contributed by atoms with E-state index < -0.39 is 35.0 Å². The van der Waals surface area contributed by atoms with Gasteiger partial charge in [0, 0.05) is 30.8 Å². The van der Waals surface area contributed by atoms with E-state index in [0.717, 1.165) is 49.3 Å². The average Bonchev–Trinajstić information content (AvgIpc) is 2.83. The number of methoxy groups -OCH3 is 1. The van der Waals surface area contributed by atoms with Crippen LogP contribution in [0.4, 0.5) is 18.0 Å². The van der Waals surface area contributed by atoms with Crippen molar-refractivity contribution in [3.8, 4) is 17.5 Å². The van der Waals surface area contributed by atoms with E-state index in [2.05, 4.69) is 14.7 Å². The van der Waals surface area contributed by atoms with Gasteiger partial charge in [-0.1, -0.05) is 36.2 Å². The number of carbonyl (C=O) groups is 1. The quantitative estimate of drug-likeness (QED) is 0.430. The van der Waals surface area contributed by atoms with Crippen LogP contribution in [0.1, 0.15) is 24.0 Å². The molecule has 192 valence electrons. The zero-order chi connectivity index (χ0) is 26.8. The van der Waals surface area contributed by atoms with Crippen LogP contribution in [-0.2, 0) is 17.4 Å². The van der Waals surface area contributed by atoms with Crippen molar-refractivity contribution in [3.63, 3.8) is 0 Å². The van der Waals surface area contributed by atoms with Gasteiger partial charge in [0.15, 0.2) is 5.60 Å². The van der Waals surface area contributed by atoms with Crippen LogP contribution < -0.4 is 15.0 Å². The minimum Gasteiger partial charge on any atom is -0.437 e. The van der Waals surface area contributed by atoms with Gasteiger partial charge in [-0.15, -0.1) is 0 Å². The number of aromatic nitrogens is 3. The van der Waals surface area contributed by atoms with Crippen LogP contribution in [-0.4, -0.2) is 39.1 Å². The van der Waals surface area contributed by atoms with Gasteiger partial charge in [-0.2, -0.15) is 13.2 Å². The maximum absolute atomic E-state index is 14.2. The Morgan fingerprint density at radius 2 is 1.72 bits per heavy atom. The Bertz CT molecular complexity index is 1330. The number of aliphatic hydroxyl groups is 1. The smallest absolute Gasteiger partial charge is 0.437 e. The van der Waals surface area contributed by atoms with E-state index in [4.69, 9.17) is 32.7 Å². The van der Waals surface area contributed by atoms with Gasteiger partial charge in [0.1, 0.15) is 10.8 Å². The first-order valence-corrected chi connectivity index (χ1v) is 10.7. The molecule has 0 saturated carbocycles. The molecule has 0 aliphatic carbocycles. The second-order valence-corrected chi connectivity index (χ2v) is 8.24. The first kappa shape index (κ1) is 27.2. The second kappa shape index (κ2) is 10.3. The summed E-state index contributed by atoms with van der Waals surface area (Å²) in [5, 5.41) is 10.4. The highest BCUT2D eigenvalue weighted by Crippen LogP contribution is 2.51. The molecule has 0 radical (unpaired) electrons. The van der Waals surface area contributed by atoms with Crippen LogP contribution in [0.5, 0.6) is 17.5 Å². The van der Waals surface area contributed by atoms with Gasteiger partial charge in [0.05, 0.1) is 24.5 Å². The number of nitrogens with zero attached hydrogens (tertiary/aromatic N) is 3. The largest absolute Gasteiger partial charge is 0.514 e. The molecule has 0 bridgehead atoms. The fraction of sp³-hybridized carbons (Fsp3) is 0.273. The van der Waals surface area contributed by atoms with Crippen molar-refractivity contribution in [1.82, 2.24) is 14.5 Å². The number of alkyl halides is 3. The summed E-state index contributed by atoms with van der Waals surface area (Å²) in [6.45, 7) is 1.13. The summed E-state index contributed by atoms with van der Waals surface area (Å²) >= 11 is 12.6. The van der Waals surface area contributed by atoms with Crippen LogP contribution in [0.2, 0.25) is 10.0 Å². The third kappa shape index (κ3) is 5.25. The van der Waals surface area contributed by atoms with Crippen LogP contribution in [0.15, 0.2) is 47.7 Å². The van der Waals surface area contributed by atoms with E-state index in [0.29, 0.717) is 0 Å². The molecule has 14 heteroatoms. The number of hydrogen-bond acceptors (Lipinski definition) is 8. The lowest BCUT2D eigenvalue weighted by Crippen LogP contribution is -2.47. The summed E-state index contributed by atoms with van der Waals surface area (Å²) in [6.07, 6.45) is -3.08. The van der Waals surface area contributed by atoms with Gasteiger partial charge in [-0.3, -0.25) is 4.79 Å². The van der Waals surface area contributed by atoms with E-state index in [1.54, 1.807) is 0 Å². The first-order chi connectivity index (χ1) is 16.8. The second-order valence-electron chi connectivity index (χ2n) is 7.48. The molecule has 0 aliphatic rings.